The van der Waals surface area contributed by atoms with E-state index in [0.29, 0.717) is 0 Å². The number of likely N-dealkylation sites (tertiary alicyclic amines) is 1. The predicted octanol–water partition coefficient (Wildman–Crippen LogP) is 2.13. The van der Waals surface area contributed by atoms with Crippen LogP contribution in [0.15, 0.2) is 0 Å². The van der Waals surface area contributed by atoms with Gasteiger partial charge in [-0.3, -0.25) is 0 Å². The van der Waals surface area contributed by atoms with Crippen LogP contribution >= 0.6 is 11.8 Å². The lowest BCUT2D eigenvalue weighted by molar-refractivity contribution is 0.126. The molecule has 0 radical (unpaired) electrons. The number of thioether (sulfide) groups is 1. The maximum absolute atomic E-state index is 9.16. The van der Waals surface area contributed by atoms with Crippen molar-refractivity contribution >= 4 is 11.8 Å². The van der Waals surface area contributed by atoms with E-state index in [4.69, 9.17) is 10.00 Å². The molecule has 0 N–H and O–H groups in total. The molecule has 0 amide bonds. The summed E-state index contributed by atoms with van der Waals surface area (Å²) in [5.41, 5.74) is 0. The number of hydrogen-bond donors (Lipinski definition) is 0. The zero-order chi connectivity index (χ0) is 11.9. The van der Waals surface area contributed by atoms with Crippen LogP contribution in [0.1, 0.15) is 26.2 Å². The molecule has 1 aliphatic heterocycles. The summed E-state index contributed by atoms with van der Waals surface area (Å²) in [5, 5.41) is 9.16. The van der Waals surface area contributed by atoms with Crippen LogP contribution in [-0.2, 0) is 4.74 Å². The van der Waals surface area contributed by atoms with Crippen LogP contribution in [-0.4, -0.2) is 48.8 Å². The van der Waals surface area contributed by atoms with Crippen molar-refractivity contribution in [3.8, 4) is 6.07 Å². The molecular weight excluding hydrogens is 220 g/mol. The third-order valence-electron chi connectivity index (χ3n) is 3.23. The molecule has 0 aromatic carbocycles. The van der Waals surface area contributed by atoms with Gasteiger partial charge in [-0.1, -0.05) is 0 Å². The second-order valence-corrected chi connectivity index (χ2v) is 5.39. The van der Waals surface area contributed by atoms with Crippen molar-refractivity contribution in [2.24, 2.45) is 0 Å². The molecule has 1 aliphatic rings. The van der Waals surface area contributed by atoms with Gasteiger partial charge in [0.25, 0.3) is 0 Å². The highest BCUT2D eigenvalue weighted by Crippen LogP contribution is 2.33. The third-order valence-corrected chi connectivity index (χ3v) is 4.51. The molecule has 0 aromatic rings. The highest BCUT2D eigenvalue weighted by molar-refractivity contribution is 8.00. The van der Waals surface area contributed by atoms with Crippen LogP contribution in [0.25, 0.3) is 0 Å². The first kappa shape index (κ1) is 13.8. The van der Waals surface area contributed by atoms with Crippen LogP contribution < -0.4 is 0 Å². The average molecular weight is 242 g/mol. The van der Waals surface area contributed by atoms with Crippen LogP contribution in [0.3, 0.4) is 0 Å². The Balaban J connectivity index is 2.19. The molecule has 0 spiro atoms. The van der Waals surface area contributed by atoms with E-state index in [-0.39, 0.29) is 4.75 Å². The molecule has 4 heteroatoms. The molecule has 1 heterocycles. The Kier molecular flexibility index (Phi) is 6.18. The summed E-state index contributed by atoms with van der Waals surface area (Å²) in [7, 11) is 0. The minimum atomic E-state index is -0.115. The Morgan fingerprint density at radius 2 is 2.12 bits per heavy atom. The molecule has 3 nitrogen and oxygen atoms in total. The van der Waals surface area contributed by atoms with Gasteiger partial charge in [0.2, 0.25) is 0 Å². The van der Waals surface area contributed by atoms with E-state index in [9.17, 15) is 0 Å². The second-order valence-electron chi connectivity index (χ2n) is 4.20. The minimum Gasteiger partial charge on any atom is -0.382 e. The standard InChI is InChI=1S/C12H22N2OS/c1-3-15-10-4-7-14-8-5-12(11-13,16-2)6-9-14/h3-10H2,1-2H3. The molecule has 1 rings (SSSR count). The average Bonchev–Trinajstić information content (AvgIpc) is 2.36. The number of nitrogens with zero attached hydrogens (tertiary/aromatic N) is 2. The molecule has 92 valence electrons. The third kappa shape index (κ3) is 3.97. The van der Waals surface area contributed by atoms with Crippen LogP contribution in [0.2, 0.25) is 0 Å². The monoisotopic (exact) mass is 242 g/mol. The SMILES string of the molecule is CCOCCCN1CCC(C#N)(SC)CC1. The lowest BCUT2D eigenvalue weighted by Crippen LogP contribution is -2.42. The lowest BCUT2D eigenvalue weighted by atomic mass is 9.97. The van der Waals surface area contributed by atoms with E-state index in [0.717, 1.165) is 52.1 Å². The van der Waals surface area contributed by atoms with Crippen LogP contribution in [0, 0.1) is 11.3 Å². The first-order chi connectivity index (χ1) is 7.76. The van der Waals surface area contributed by atoms with Crippen molar-refractivity contribution in [1.82, 2.24) is 4.90 Å². The van der Waals surface area contributed by atoms with Gasteiger partial charge in [0.05, 0.1) is 6.07 Å². The fourth-order valence-corrected chi connectivity index (χ4v) is 2.72. The molecule has 16 heavy (non-hydrogen) atoms. The Bertz CT molecular complexity index is 232. The number of hydrogen-bond acceptors (Lipinski definition) is 4. The normalized spacial score (nSPS) is 20.6. The second kappa shape index (κ2) is 7.16. The predicted molar refractivity (Wildman–Crippen MR) is 68.6 cm³/mol. The molecule has 0 unspecified atom stereocenters. The summed E-state index contributed by atoms with van der Waals surface area (Å²) >= 11 is 1.71. The van der Waals surface area contributed by atoms with E-state index in [1.54, 1.807) is 11.8 Å². The smallest absolute Gasteiger partial charge is 0.104 e. The zero-order valence-electron chi connectivity index (χ0n) is 10.4. The van der Waals surface area contributed by atoms with Gasteiger partial charge in [-0.25, -0.2) is 0 Å². The van der Waals surface area contributed by atoms with Gasteiger partial charge in [-0.05, 0) is 32.4 Å². The van der Waals surface area contributed by atoms with Gasteiger partial charge in [-0.2, -0.15) is 5.26 Å². The van der Waals surface area contributed by atoms with E-state index < -0.39 is 0 Å². The molecule has 0 saturated carbocycles. The van der Waals surface area contributed by atoms with Gasteiger partial charge < -0.3 is 9.64 Å². The Labute approximate surface area is 103 Å². The van der Waals surface area contributed by atoms with Crippen molar-refractivity contribution in [3.63, 3.8) is 0 Å². The highest BCUT2D eigenvalue weighted by Gasteiger charge is 2.33. The van der Waals surface area contributed by atoms with E-state index in [1.165, 1.54) is 0 Å². The highest BCUT2D eigenvalue weighted by atomic mass is 32.2. The summed E-state index contributed by atoms with van der Waals surface area (Å²) in [5.74, 6) is 0. The van der Waals surface area contributed by atoms with Crippen molar-refractivity contribution in [3.05, 3.63) is 0 Å². The van der Waals surface area contributed by atoms with E-state index in [1.807, 2.05) is 13.2 Å². The molecular formula is C12H22N2OS. The molecule has 0 aromatic heterocycles. The Hall–Kier alpha value is -0.240. The summed E-state index contributed by atoms with van der Waals surface area (Å²) in [6.45, 7) is 6.92. The maximum Gasteiger partial charge on any atom is 0.104 e. The first-order valence-electron chi connectivity index (χ1n) is 6.03. The Morgan fingerprint density at radius 3 is 2.62 bits per heavy atom. The van der Waals surface area contributed by atoms with Crippen molar-refractivity contribution in [1.29, 1.82) is 5.26 Å². The lowest BCUT2D eigenvalue weighted by Gasteiger charge is -2.36. The summed E-state index contributed by atoms with van der Waals surface area (Å²) in [4.78, 5) is 2.45. The van der Waals surface area contributed by atoms with Gasteiger partial charge in [0.15, 0.2) is 0 Å². The maximum atomic E-state index is 9.16. The quantitative estimate of drug-likeness (QED) is 0.669. The Morgan fingerprint density at radius 1 is 1.44 bits per heavy atom. The minimum absolute atomic E-state index is 0.115. The summed E-state index contributed by atoms with van der Waals surface area (Å²) in [6.07, 6.45) is 5.15. The van der Waals surface area contributed by atoms with Crippen molar-refractivity contribution in [2.45, 2.75) is 30.9 Å². The van der Waals surface area contributed by atoms with Gasteiger partial charge >= 0.3 is 0 Å². The van der Waals surface area contributed by atoms with Crippen LogP contribution in [0.5, 0.6) is 0 Å². The van der Waals surface area contributed by atoms with Gasteiger partial charge in [0.1, 0.15) is 4.75 Å². The number of nitriles is 1. The van der Waals surface area contributed by atoms with Gasteiger partial charge in [-0.15, -0.1) is 11.8 Å². The van der Waals surface area contributed by atoms with Crippen molar-refractivity contribution < 1.29 is 4.74 Å². The largest absolute Gasteiger partial charge is 0.382 e. The molecule has 1 fully saturated rings. The van der Waals surface area contributed by atoms with E-state index in [2.05, 4.69) is 11.0 Å². The number of rotatable bonds is 6. The number of ether oxygens (including phenoxy) is 1. The fourth-order valence-electron chi connectivity index (χ4n) is 2.03. The zero-order valence-corrected chi connectivity index (χ0v) is 11.2. The first-order valence-corrected chi connectivity index (χ1v) is 7.25. The summed E-state index contributed by atoms with van der Waals surface area (Å²) in [6, 6.07) is 2.48. The molecule has 0 bridgehead atoms. The molecule has 0 aliphatic carbocycles. The fraction of sp³-hybridized carbons (Fsp3) is 0.917. The molecule has 0 atom stereocenters. The summed E-state index contributed by atoms with van der Waals surface area (Å²) < 4.78 is 5.21. The van der Waals surface area contributed by atoms with E-state index >= 15 is 0 Å². The van der Waals surface area contributed by atoms with Gasteiger partial charge in [0, 0.05) is 32.8 Å². The number of piperidine rings is 1. The molecule has 1 saturated heterocycles. The van der Waals surface area contributed by atoms with Crippen molar-refractivity contribution in [2.75, 3.05) is 39.1 Å². The van der Waals surface area contributed by atoms with Crippen LogP contribution in [0.4, 0.5) is 0 Å². The topological polar surface area (TPSA) is 36.3 Å².